The predicted octanol–water partition coefficient (Wildman–Crippen LogP) is 3.24. The molecule has 27 heavy (non-hydrogen) atoms. The average Bonchev–Trinajstić information content (AvgIpc) is 2.72. The summed E-state index contributed by atoms with van der Waals surface area (Å²) in [5.74, 6) is 0.121. The summed E-state index contributed by atoms with van der Waals surface area (Å²) in [5, 5.41) is 0. The Morgan fingerprint density at radius 3 is 2.59 bits per heavy atom. The molecule has 0 aliphatic carbocycles. The number of pyridine rings is 1. The van der Waals surface area contributed by atoms with Crippen LogP contribution in [0.25, 0.3) is 11.1 Å². The maximum atomic E-state index is 12.9. The van der Waals surface area contributed by atoms with Crippen LogP contribution in [0.15, 0.2) is 42.6 Å². The Kier molecular flexibility index (Phi) is 6.96. The molecule has 1 aliphatic heterocycles. The lowest BCUT2D eigenvalue weighted by Crippen LogP contribution is -2.48. The maximum absolute atomic E-state index is 12.9. The Balaban J connectivity index is 1.57. The molecule has 1 aliphatic rings. The van der Waals surface area contributed by atoms with Crippen LogP contribution in [0.3, 0.4) is 0 Å². The zero-order valence-corrected chi connectivity index (χ0v) is 16.4. The number of methoxy groups -OCH3 is 1. The van der Waals surface area contributed by atoms with E-state index in [9.17, 15) is 4.79 Å². The van der Waals surface area contributed by atoms with Crippen molar-refractivity contribution in [1.82, 2.24) is 14.8 Å². The second kappa shape index (κ2) is 9.62. The van der Waals surface area contributed by atoms with Gasteiger partial charge in [-0.15, -0.1) is 0 Å². The van der Waals surface area contributed by atoms with Crippen LogP contribution in [-0.4, -0.2) is 67.1 Å². The molecule has 0 radical (unpaired) electrons. The van der Waals surface area contributed by atoms with Crippen molar-refractivity contribution in [2.75, 3.05) is 46.4 Å². The summed E-state index contributed by atoms with van der Waals surface area (Å²) in [6.45, 7) is 7.35. The molecule has 144 valence electrons. The third-order valence-corrected chi connectivity index (χ3v) is 5.09. The van der Waals surface area contributed by atoms with Crippen LogP contribution in [-0.2, 0) is 4.74 Å². The van der Waals surface area contributed by atoms with Gasteiger partial charge in [-0.3, -0.25) is 14.7 Å². The van der Waals surface area contributed by atoms with E-state index in [2.05, 4.69) is 9.88 Å². The first-order chi connectivity index (χ1) is 13.2. The number of aromatic nitrogens is 1. The number of piperazine rings is 1. The summed E-state index contributed by atoms with van der Waals surface area (Å²) in [6, 6.07) is 11.9. The SMILES string of the molecule is COCCCCN1CCN(C(=O)c2cccc(-c3ccc(C)nc3)c2)CC1. The molecule has 1 aromatic carbocycles. The van der Waals surface area contributed by atoms with Gasteiger partial charge in [0.05, 0.1) is 0 Å². The van der Waals surface area contributed by atoms with Crippen molar-refractivity contribution in [3.05, 3.63) is 53.9 Å². The van der Waals surface area contributed by atoms with Crippen molar-refractivity contribution in [3.8, 4) is 11.1 Å². The second-order valence-electron chi connectivity index (χ2n) is 7.10. The number of amides is 1. The van der Waals surface area contributed by atoms with Crippen LogP contribution in [0, 0.1) is 6.92 Å². The molecule has 0 unspecified atom stereocenters. The number of carbonyl (C=O) groups is 1. The van der Waals surface area contributed by atoms with Gasteiger partial charge in [-0.05, 0) is 50.1 Å². The van der Waals surface area contributed by atoms with Gasteiger partial charge in [0.2, 0.25) is 0 Å². The summed E-state index contributed by atoms with van der Waals surface area (Å²) < 4.78 is 5.10. The summed E-state index contributed by atoms with van der Waals surface area (Å²) in [7, 11) is 1.74. The molecule has 2 heterocycles. The van der Waals surface area contributed by atoms with E-state index in [1.165, 1.54) is 0 Å². The monoisotopic (exact) mass is 367 g/mol. The third kappa shape index (κ3) is 5.37. The molecule has 1 fully saturated rings. The van der Waals surface area contributed by atoms with Gasteiger partial charge >= 0.3 is 0 Å². The molecule has 0 bridgehead atoms. The lowest BCUT2D eigenvalue weighted by molar-refractivity contribution is 0.0632. The fourth-order valence-corrected chi connectivity index (χ4v) is 3.41. The molecule has 0 N–H and O–H groups in total. The normalized spacial score (nSPS) is 15.1. The molecule has 5 nitrogen and oxygen atoms in total. The number of carbonyl (C=O) groups excluding carboxylic acids is 1. The molecule has 1 aromatic heterocycles. The molecule has 1 saturated heterocycles. The lowest BCUT2D eigenvalue weighted by Gasteiger charge is -2.34. The molecule has 5 heteroatoms. The maximum Gasteiger partial charge on any atom is 0.253 e. The highest BCUT2D eigenvalue weighted by molar-refractivity contribution is 5.95. The predicted molar refractivity (Wildman–Crippen MR) is 108 cm³/mol. The number of nitrogens with zero attached hydrogens (tertiary/aromatic N) is 3. The standard InChI is InChI=1S/C22H29N3O2/c1-18-8-9-21(17-23-18)19-6-5-7-20(16-19)22(26)25-13-11-24(12-14-25)10-3-4-15-27-2/h5-9,16-17H,3-4,10-15H2,1-2H3. The quantitative estimate of drug-likeness (QED) is 0.705. The van der Waals surface area contributed by atoms with Gasteiger partial charge in [0.25, 0.3) is 5.91 Å². The van der Waals surface area contributed by atoms with Crippen LogP contribution in [0.1, 0.15) is 28.9 Å². The summed E-state index contributed by atoms with van der Waals surface area (Å²) in [6.07, 6.45) is 4.10. The van der Waals surface area contributed by atoms with Crippen LogP contribution in [0.2, 0.25) is 0 Å². The molecule has 0 atom stereocenters. The Morgan fingerprint density at radius 2 is 1.89 bits per heavy atom. The van der Waals surface area contributed by atoms with Gasteiger partial charge in [0, 0.05) is 62.9 Å². The van der Waals surface area contributed by atoms with E-state index in [1.807, 2.05) is 54.4 Å². The van der Waals surface area contributed by atoms with Crippen LogP contribution >= 0.6 is 0 Å². The molecule has 1 amide bonds. The Labute approximate surface area is 162 Å². The van der Waals surface area contributed by atoms with E-state index in [-0.39, 0.29) is 5.91 Å². The lowest BCUT2D eigenvalue weighted by atomic mass is 10.0. The van der Waals surface area contributed by atoms with Gasteiger partial charge in [-0.2, -0.15) is 0 Å². The first kappa shape index (κ1) is 19.5. The van der Waals surface area contributed by atoms with E-state index in [4.69, 9.17) is 4.74 Å². The highest BCUT2D eigenvalue weighted by Crippen LogP contribution is 2.21. The average molecular weight is 367 g/mol. The number of aryl methyl sites for hydroxylation is 1. The molecular formula is C22H29N3O2. The second-order valence-corrected chi connectivity index (χ2v) is 7.10. The Hall–Kier alpha value is -2.24. The number of hydrogen-bond donors (Lipinski definition) is 0. The summed E-state index contributed by atoms with van der Waals surface area (Å²) in [5.41, 5.74) is 3.81. The van der Waals surface area contributed by atoms with Crippen molar-refractivity contribution in [1.29, 1.82) is 0 Å². The van der Waals surface area contributed by atoms with Gasteiger partial charge in [-0.25, -0.2) is 0 Å². The topological polar surface area (TPSA) is 45.7 Å². The van der Waals surface area contributed by atoms with E-state index in [1.54, 1.807) is 7.11 Å². The van der Waals surface area contributed by atoms with E-state index >= 15 is 0 Å². The summed E-state index contributed by atoms with van der Waals surface area (Å²) in [4.78, 5) is 21.7. The molecule has 2 aromatic rings. The van der Waals surface area contributed by atoms with Gasteiger partial charge in [0.15, 0.2) is 0 Å². The zero-order valence-electron chi connectivity index (χ0n) is 16.4. The van der Waals surface area contributed by atoms with Crippen LogP contribution in [0.5, 0.6) is 0 Å². The van der Waals surface area contributed by atoms with E-state index < -0.39 is 0 Å². The van der Waals surface area contributed by atoms with Crippen molar-refractivity contribution in [2.45, 2.75) is 19.8 Å². The number of rotatable bonds is 7. The third-order valence-electron chi connectivity index (χ3n) is 5.09. The fraction of sp³-hybridized carbons (Fsp3) is 0.455. The highest BCUT2D eigenvalue weighted by atomic mass is 16.5. The first-order valence-corrected chi connectivity index (χ1v) is 9.71. The van der Waals surface area contributed by atoms with Gasteiger partial charge in [-0.1, -0.05) is 18.2 Å². The van der Waals surface area contributed by atoms with E-state index in [0.29, 0.717) is 0 Å². The van der Waals surface area contributed by atoms with Crippen molar-refractivity contribution >= 4 is 5.91 Å². The number of hydrogen-bond acceptors (Lipinski definition) is 4. The minimum atomic E-state index is 0.121. The van der Waals surface area contributed by atoms with Crippen LogP contribution in [0.4, 0.5) is 0 Å². The number of benzene rings is 1. The largest absolute Gasteiger partial charge is 0.385 e. The number of ether oxygens (including phenoxy) is 1. The summed E-state index contributed by atoms with van der Waals surface area (Å²) >= 11 is 0. The minimum absolute atomic E-state index is 0.121. The molecular weight excluding hydrogens is 338 g/mol. The first-order valence-electron chi connectivity index (χ1n) is 9.71. The van der Waals surface area contributed by atoms with E-state index in [0.717, 1.165) is 74.6 Å². The van der Waals surface area contributed by atoms with Crippen molar-refractivity contribution in [3.63, 3.8) is 0 Å². The fourth-order valence-electron chi connectivity index (χ4n) is 3.41. The molecule has 3 rings (SSSR count). The van der Waals surface area contributed by atoms with Gasteiger partial charge < -0.3 is 9.64 Å². The zero-order chi connectivity index (χ0) is 19.1. The Bertz CT molecular complexity index is 737. The van der Waals surface area contributed by atoms with Gasteiger partial charge in [0.1, 0.15) is 0 Å². The Morgan fingerprint density at radius 1 is 1.07 bits per heavy atom. The van der Waals surface area contributed by atoms with Crippen molar-refractivity contribution < 1.29 is 9.53 Å². The smallest absolute Gasteiger partial charge is 0.253 e. The number of unbranched alkanes of at least 4 members (excludes halogenated alkanes) is 1. The molecule has 0 spiro atoms. The molecule has 0 saturated carbocycles. The minimum Gasteiger partial charge on any atom is -0.385 e. The van der Waals surface area contributed by atoms with Crippen molar-refractivity contribution in [2.24, 2.45) is 0 Å². The van der Waals surface area contributed by atoms with Crippen LogP contribution < -0.4 is 0 Å². The highest BCUT2D eigenvalue weighted by Gasteiger charge is 2.22.